The van der Waals surface area contributed by atoms with Gasteiger partial charge < -0.3 is 20.5 Å². The van der Waals surface area contributed by atoms with Crippen LogP contribution in [0.15, 0.2) is 18.5 Å². The summed E-state index contributed by atoms with van der Waals surface area (Å²) in [6.45, 7) is 2.36. The van der Waals surface area contributed by atoms with Gasteiger partial charge in [0.1, 0.15) is 0 Å². The predicted octanol–water partition coefficient (Wildman–Crippen LogP) is -0.463. The lowest BCUT2D eigenvalue weighted by Gasteiger charge is -2.23. The second-order valence-corrected chi connectivity index (χ2v) is 4.25. The topological polar surface area (TPSA) is 86.5 Å². The van der Waals surface area contributed by atoms with E-state index < -0.39 is 0 Å². The SMILES string of the molecule is NCC#Cc1cncc(C(=O)NCC2COCCO2)c1. The summed E-state index contributed by atoms with van der Waals surface area (Å²) < 4.78 is 10.7. The summed E-state index contributed by atoms with van der Waals surface area (Å²) in [5.74, 6) is 5.36. The Hall–Kier alpha value is -1.94. The predicted molar refractivity (Wildman–Crippen MR) is 73.1 cm³/mol. The van der Waals surface area contributed by atoms with Crippen LogP contribution in [-0.4, -0.2) is 49.9 Å². The van der Waals surface area contributed by atoms with E-state index in [-0.39, 0.29) is 18.6 Å². The Balaban J connectivity index is 1.91. The highest BCUT2D eigenvalue weighted by molar-refractivity contribution is 5.94. The Morgan fingerprint density at radius 3 is 3.15 bits per heavy atom. The van der Waals surface area contributed by atoms with E-state index in [9.17, 15) is 4.79 Å². The molecule has 1 aromatic rings. The van der Waals surface area contributed by atoms with Gasteiger partial charge in [0.05, 0.1) is 38.0 Å². The first-order valence-corrected chi connectivity index (χ1v) is 6.41. The van der Waals surface area contributed by atoms with Gasteiger partial charge in [-0.3, -0.25) is 9.78 Å². The molecule has 1 amide bonds. The van der Waals surface area contributed by atoms with Crippen LogP contribution in [0.25, 0.3) is 0 Å². The highest BCUT2D eigenvalue weighted by Crippen LogP contribution is 2.03. The fourth-order valence-electron chi connectivity index (χ4n) is 1.75. The van der Waals surface area contributed by atoms with Crippen molar-refractivity contribution < 1.29 is 14.3 Å². The lowest BCUT2D eigenvalue weighted by Crippen LogP contribution is -2.39. The largest absolute Gasteiger partial charge is 0.376 e. The van der Waals surface area contributed by atoms with Crippen molar-refractivity contribution in [2.45, 2.75) is 6.10 Å². The average molecular weight is 275 g/mol. The van der Waals surface area contributed by atoms with Crippen LogP contribution in [0.3, 0.4) is 0 Å². The molecule has 0 saturated carbocycles. The lowest BCUT2D eigenvalue weighted by molar-refractivity contribution is -0.0855. The van der Waals surface area contributed by atoms with Gasteiger partial charge in [-0.05, 0) is 6.07 Å². The fraction of sp³-hybridized carbons (Fsp3) is 0.429. The van der Waals surface area contributed by atoms with Crippen LogP contribution in [0.1, 0.15) is 15.9 Å². The molecule has 6 heteroatoms. The van der Waals surface area contributed by atoms with Crippen LogP contribution in [0.2, 0.25) is 0 Å². The third kappa shape index (κ3) is 4.31. The number of amides is 1. The number of hydrogen-bond donors (Lipinski definition) is 2. The number of carbonyl (C=O) groups excluding carboxylic acids is 1. The smallest absolute Gasteiger partial charge is 0.252 e. The van der Waals surface area contributed by atoms with E-state index in [1.807, 2.05) is 0 Å². The highest BCUT2D eigenvalue weighted by atomic mass is 16.6. The van der Waals surface area contributed by atoms with E-state index in [0.717, 1.165) is 0 Å². The first-order chi connectivity index (χ1) is 9.79. The van der Waals surface area contributed by atoms with Crippen LogP contribution in [0.5, 0.6) is 0 Å². The van der Waals surface area contributed by atoms with Crippen molar-refractivity contribution in [3.8, 4) is 11.8 Å². The number of carbonyl (C=O) groups is 1. The molecule has 106 valence electrons. The molecule has 1 aliphatic heterocycles. The van der Waals surface area contributed by atoms with Crippen LogP contribution in [0.4, 0.5) is 0 Å². The summed E-state index contributed by atoms with van der Waals surface area (Å²) in [6, 6.07) is 1.68. The van der Waals surface area contributed by atoms with Crippen molar-refractivity contribution in [2.75, 3.05) is 32.9 Å². The van der Waals surface area contributed by atoms with Gasteiger partial charge >= 0.3 is 0 Å². The first kappa shape index (κ1) is 14.5. The van der Waals surface area contributed by atoms with E-state index in [2.05, 4.69) is 22.1 Å². The van der Waals surface area contributed by atoms with Gasteiger partial charge in [0.25, 0.3) is 5.91 Å². The lowest BCUT2D eigenvalue weighted by atomic mass is 10.2. The summed E-state index contributed by atoms with van der Waals surface area (Å²) in [5.41, 5.74) is 6.44. The molecule has 1 fully saturated rings. The van der Waals surface area contributed by atoms with Crippen LogP contribution >= 0.6 is 0 Å². The third-order valence-electron chi connectivity index (χ3n) is 2.71. The molecule has 20 heavy (non-hydrogen) atoms. The maximum absolute atomic E-state index is 12.0. The number of hydrogen-bond acceptors (Lipinski definition) is 5. The van der Waals surface area contributed by atoms with E-state index in [1.165, 1.54) is 6.20 Å². The Bertz CT molecular complexity index is 516. The van der Waals surface area contributed by atoms with Gasteiger partial charge in [0, 0.05) is 24.5 Å². The molecule has 0 radical (unpaired) electrons. The average Bonchev–Trinajstić information content (AvgIpc) is 2.52. The summed E-state index contributed by atoms with van der Waals surface area (Å²) in [5, 5.41) is 2.80. The van der Waals surface area contributed by atoms with Crippen molar-refractivity contribution in [1.29, 1.82) is 0 Å². The number of nitrogens with zero attached hydrogens (tertiary/aromatic N) is 1. The van der Waals surface area contributed by atoms with E-state index in [0.29, 0.717) is 37.5 Å². The molecule has 6 nitrogen and oxygen atoms in total. The highest BCUT2D eigenvalue weighted by Gasteiger charge is 2.15. The first-order valence-electron chi connectivity index (χ1n) is 6.41. The van der Waals surface area contributed by atoms with Crippen LogP contribution in [0, 0.1) is 11.8 Å². The molecule has 3 N–H and O–H groups in total. The van der Waals surface area contributed by atoms with Crippen LogP contribution in [-0.2, 0) is 9.47 Å². The Morgan fingerprint density at radius 1 is 1.50 bits per heavy atom. The van der Waals surface area contributed by atoms with Crippen molar-refractivity contribution >= 4 is 5.91 Å². The monoisotopic (exact) mass is 275 g/mol. The minimum Gasteiger partial charge on any atom is -0.376 e. The molecule has 0 bridgehead atoms. The quantitative estimate of drug-likeness (QED) is 0.729. The molecule has 1 unspecified atom stereocenters. The molecule has 0 aromatic carbocycles. The van der Waals surface area contributed by atoms with Crippen molar-refractivity contribution in [3.05, 3.63) is 29.6 Å². The zero-order valence-electron chi connectivity index (χ0n) is 11.1. The van der Waals surface area contributed by atoms with Gasteiger partial charge in [-0.2, -0.15) is 0 Å². The molecule has 0 aliphatic carbocycles. The van der Waals surface area contributed by atoms with E-state index in [4.69, 9.17) is 15.2 Å². The molecule has 2 heterocycles. The molecule has 1 atom stereocenters. The molecule has 1 aromatic heterocycles. The minimum absolute atomic E-state index is 0.0964. The van der Waals surface area contributed by atoms with Gasteiger partial charge in [-0.25, -0.2) is 0 Å². The Morgan fingerprint density at radius 2 is 2.40 bits per heavy atom. The van der Waals surface area contributed by atoms with Crippen LogP contribution < -0.4 is 11.1 Å². The summed E-state index contributed by atoms with van der Waals surface area (Å²) in [6.07, 6.45) is 3.00. The van der Waals surface area contributed by atoms with Crippen molar-refractivity contribution in [1.82, 2.24) is 10.3 Å². The molecule has 0 spiro atoms. The van der Waals surface area contributed by atoms with Gasteiger partial charge in [-0.1, -0.05) is 11.8 Å². The molecular formula is C14H17N3O3. The van der Waals surface area contributed by atoms with E-state index >= 15 is 0 Å². The number of nitrogens with one attached hydrogen (secondary N) is 1. The van der Waals surface area contributed by atoms with Crippen molar-refractivity contribution in [3.63, 3.8) is 0 Å². The molecular weight excluding hydrogens is 258 g/mol. The number of rotatable bonds is 3. The second kappa shape index (κ2) is 7.60. The normalized spacial score (nSPS) is 17.9. The van der Waals surface area contributed by atoms with Gasteiger partial charge in [-0.15, -0.1) is 0 Å². The maximum Gasteiger partial charge on any atom is 0.252 e. The third-order valence-corrected chi connectivity index (χ3v) is 2.71. The fourth-order valence-corrected chi connectivity index (χ4v) is 1.75. The summed E-state index contributed by atoms with van der Waals surface area (Å²) in [7, 11) is 0. The molecule has 1 aliphatic rings. The standard InChI is InChI=1S/C14H17N3O3/c15-3-1-2-11-6-12(8-16-7-11)14(18)17-9-13-10-19-4-5-20-13/h6-8,13H,3-5,9-10,15H2,(H,17,18). The zero-order chi connectivity index (χ0) is 14.2. The number of ether oxygens (including phenoxy) is 2. The molecule has 2 rings (SSSR count). The summed E-state index contributed by atoms with van der Waals surface area (Å²) >= 11 is 0. The number of nitrogens with two attached hydrogens (primary N) is 1. The van der Waals surface area contributed by atoms with E-state index in [1.54, 1.807) is 12.3 Å². The molecule has 1 saturated heterocycles. The van der Waals surface area contributed by atoms with Gasteiger partial charge in [0.15, 0.2) is 0 Å². The maximum atomic E-state index is 12.0. The Kier molecular flexibility index (Phi) is 5.50. The minimum atomic E-state index is -0.205. The number of aromatic nitrogens is 1. The summed E-state index contributed by atoms with van der Waals surface area (Å²) in [4.78, 5) is 16.0. The Labute approximate surface area is 117 Å². The zero-order valence-corrected chi connectivity index (χ0v) is 11.1. The van der Waals surface area contributed by atoms with Gasteiger partial charge in [0.2, 0.25) is 0 Å². The van der Waals surface area contributed by atoms with Crippen molar-refractivity contribution in [2.24, 2.45) is 5.73 Å². The second-order valence-electron chi connectivity index (χ2n) is 4.25. The number of pyridine rings is 1.